The van der Waals surface area contributed by atoms with Gasteiger partial charge in [-0.25, -0.2) is 4.98 Å². The van der Waals surface area contributed by atoms with Crippen molar-refractivity contribution in [1.29, 1.82) is 0 Å². The van der Waals surface area contributed by atoms with Gasteiger partial charge in [-0.15, -0.1) is 0 Å². The third kappa shape index (κ3) is 5.47. The molecule has 182 valence electrons. The van der Waals surface area contributed by atoms with Gasteiger partial charge in [0.15, 0.2) is 5.82 Å². The fraction of sp³-hybridized carbons (Fsp3) is 0.222. The molecule has 1 fully saturated rings. The Bertz CT molecular complexity index is 1350. The van der Waals surface area contributed by atoms with Crippen LogP contribution in [0.4, 0.5) is 23.4 Å². The predicted octanol–water partition coefficient (Wildman–Crippen LogP) is 3.99. The number of benzene rings is 2. The number of carbonyl (C=O) groups excluding carboxylic acids is 1. The largest absolute Gasteiger partial charge is 0.338 e. The second-order valence-corrected chi connectivity index (χ2v) is 8.76. The average molecular weight is 481 g/mol. The highest BCUT2D eigenvalue weighted by molar-refractivity contribution is 6.04. The van der Waals surface area contributed by atoms with E-state index in [-0.39, 0.29) is 5.91 Å². The van der Waals surface area contributed by atoms with Gasteiger partial charge in [-0.05, 0) is 43.8 Å². The number of para-hydroxylation sites is 1. The van der Waals surface area contributed by atoms with Crippen molar-refractivity contribution in [2.45, 2.75) is 6.92 Å². The topological polar surface area (TPSA) is 99.2 Å². The number of hydrogen-bond acceptors (Lipinski definition) is 8. The van der Waals surface area contributed by atoms with E-state index < -0.39 is 0 Å². The summed E-state index contributed by atoms with van der Waals surface area (Å²) in [5.41, 5.74) is 3.23. The summed E-state index contributed by atoms with van der Waals surface area (Å²) in [5, 5.41) is 6.09. The van der Waals surface area contributed by atoms with E-state index in [1.807, 2.05) is 61.5 Å². The highest BCUT2D eigenvalue weighted by Gasteiger charge is 2.20. The van der Waals surface area contributed by atoms with E-state index in [0.29, 0.717) is 29.1 Å². The van der Waals surface area contributed by atoms with Gasteiger partial charge in [0.05, 0.1) is 0 Å². The number of aromatic nitrogens is 4. The van der Waals surface area contributed by atoms with Gasteiger partial charge in [0.2, 0.25) is 11.9 Å². The lowest BCUT2D eigenvalue weighted by atomic mass is 10.1. The summed E-state index contributed by atoms with van der Waals surface area (Å²) in [4.78, 5) is 35.8. The molecule has 0 unspecified atom stereocenters. The molecule has 4 aromatic rings. The molecule has 0 spiro atoms. The number of likely N-dealkylation sites (N-methyl/N-ethyl adjacent to an activating group) is 1. The second kappa shape index (κ2) is 10.5. The SMILES string of the molecule is Cc1ccccc1-c1nc(Nc2cc(C(=O)Nc3ccccc3)ccn2)nc(N2CCN(C)CC2)n1. The van der Waals surface area contributed by atoms with Crippen LogP contribution in [0, 0.1) is 6.92 Å². The van der Waals surface area contributed by atoms with Crippen molar-refractivity contribution >= 4 is 29.3 Å². The fourth-order valence-corrected chi connectivity index (χ4v) is 3.99. The molecule has 1 amide bonds. The summed E-state index contributed by atoms with van der Waals surface area (Å²) in [6.45, 7) is 5.59. The Morgan fingerprint density at radius 2 is 1.64 bits per heavy atom. The zero-order valence-corrected chi connectivity index (χ0v) is 20.3. The maximum atomic E-state index is 12.8. The molecule has 2 aromatic heterocycles. The van der Waals surface area contributed by atoms with Crippen LogP contribution < -0.4 is 15.5 Å². The van der Waals surface area contributed by atoms with Crippen molar-refractivity contribution in [3.8, 4) is 11.4 Å². The van der Waals surface area contributed by atoms with E-state index in [1.54, 1.807) is 18.3 Å². The van der Waals surface area contributed by atoms with Crippen LogP contribution in [-0.2, 0) is 0 Å². The van der Waals surface area contributed by atoms with Crippen molar-refractivity contribution in [3.05, 3.63) is 84.1 Å². The molecule has 0 atom stereocenters. The van der Waals surface area contributed by atoms with Crippen molar-refractivity contribution in [3.63, 3.8) is 0 Å². The molecule has 1 aliphatic rings. The van der Waals surface area contributed by atoms with E-state index in [1.165, 1.54) is 0 Å². The Hall–Kier alpha value is -4.37. The van der Waals surface area contributed by atoms with E-state index in [2.05, 4.69) is 32.5 Å². The van der Waals surface area contributed by atoms with E-state index in [4.69, 9.17) is 15.0 Å². The smallest absolute Gasteiger partial charge is 0.255 e. The third-order valence-corrected chi connectivity index (χ3v) is 6.09. The van der Waals surface area contributed by atoms with Crippen molar-refractivity contribution in [2.75, 3.05) is 48.8 Å². The van der Waals surface area contributed by atoms with Crippen molar-refractivity contribution in [1.82, 2.24) is 24.8 Å². The number of pyridine rings is 1. The number of aryl methyl sites for hydroxylation is 1. The Labute approximate surface area is 210 Å². The maximum Gasteiger partial charge on any atom is 0.255 e. The minimum atomic E-state index is -0.221. The summed E-state index contributed by atoms with van der Waals surface area (Å²) in [5.74, 6) is 1.85. The van der Waals surface area contributed by atoms with Crippen LogP contribution in [0.5, 0.6) is 0 Å². The average Bonchev–Trinajstić information content (AvgIpc) is 2.90. The Balaban J connectivity index is 1.44. The lowest BCUT2D eigenvalue weighted by Crippen LogP contribution is -2.45. The molecule has 9 nitrogen and oxygen atoms in total. The molecule has 2 aromatic carbocycles. The minimum Gasteiger partial charge on any atom is -0.338 e. The monoisotopic (exact) mass is 480 g/mol. The second-order valence-electron chi connectivity index (χ2n) is 8.76. The van der Waals surface area contributed by atoms with Crippen molar-refractivity contribution < 1.29 is 4.79 Å². The molecule has 1 saturated heterocycles. The van der Waals surface area contributed by atoms with Gasteiger partial charge in [-0.2, -0.15) is 15.0 Å². The first-order chi connectivity index (χ1) is 17.5. The van der Waals surface area contributed by atoms with E-state index in [9.17, 15) is 4.79 Å². The predicted molar refractivity (Wildman–Crippen MR) is 142 cm³/mol. The van der Waals surface area contributed by atoms with Crippen LogP contribution in [-0.4, -0.2) is 64.0 Å². The molecule has 0 saturated carbocycles. The number of piperazine rings is 1. The number of nitrogens with zero attached hydrogens (tertiary/aromatic N) is 6. The van der Waals surface area contributed by atoms with Crippen LogP contribution >= 0.6 is 0 Å². The first-order valence-corrected chi connectivity index (χ1v) is 11.9. The number of amides is 1. The van der Waals surface area contributed by atoms with Crippen LogP contribution in [0.25, 0.3) is 11.4 Å². The lowest BCUT2D eigenvalue weighted by molar-refractivity contribution is 0.102. The molecule has 5 rings (SSSR count). The van der Waals surface area contributed by atoms with Crippen molar-refractivity contribution in [2.24, 2.45) is 0 Å². The van der Waals surface area contributed by atoms with Gasteiger partial charge in [-0.3, -0.25) is 4.79 Å². The quantitative estimate of drug-likeness (QED) is 0.427. The molecule has 9 heteroatoms. The molecular formula is C27H28N8O. The first-order valence-electron chi connectivity index (χ1n) is 11.9. The zero-order chi connectivity index (χ0) is 24.9. The zero-order valence-electron chi connectivity index (χ0n) is 20.3. The molecular weight excluding hydrogens is 452 g/mol. The number of carbonyl (C=O) groups is 1. The van der Waals surface area contributed by atoms with Gasteiger partial charge < -0.3 is 20.4 Å². The molecule has 0 radical (unpaired) electrons. The molecule has 2 N–H and O–H groups in total. The minimum absolute atomic E-state index is 0.221. The Kier molecular flexibility index (Phi) is 6.81. The number of nitrogens with one attached hydrogen (secondary N) is 2. The first kappa shape index (κ1) is 23.4. The van der Waals surface area contributed by atoms with Gasteiger partial charge in [-0.1, -0.05) is 42.5 Å². The van der Waals surface area contributed by atoms with Crippen LogP contribution in [0.2, 0.25) is 0 Å². The molecule has 0 bridgehead atoms. The van der Waals surface area contributed by atoms with E-state index >= 15 is 0 Å². The van der Waals surface area contributed by atoms with Gasteiger partial charge in [0, 0.05) is 49.2 Å². The summed E-state index contributed by atoms with van der Waals surface area (Å²) in [6.07, 6.45) is 1.59. The normalized spacial score (nSPS) is 13.9. The number of rotatable bonds is 6. The molecule has 36 heavy (non-hydrogen) atoms. The summed E-state index contributed by atoms with van der Waals surface area (Å²) in [6, 6.07) is 20.7. The highest BCUT2D eigenvalue weighted by Crippen LogP contribution is 2.24. The highest BCUT2D eigenvalue weighted by atomic mass is 16.1. The molecule has 0 aliphatic carbocycles. The van der Waals surface area contributed by atoms with E-state index in [0.717, 1.165) is 43.0 Å². The van der Waals surface area contributed by atoms with Gasteiger partial charge in [0.25, 0.3) is 5.91 Å². The Morgan fingerprint density at radius 3 is 2.42 bits per heavy atom. The Morgan fingerprint density at radius 1 is 0.889 bits per heavy atom. The molecule has 3 heterocycles. The standard InChI is InChI=1S/C27H28N8O/c1-19-8-6-7-11-22(19)24-31-26(33-27(32-24)35-16-14-34(2)15-17-35)30-23-18-20(12-13-28-23)25(36)29-21-9-4-3-5-10-21/h3-13,18H,14-17H2,1-2H3,(H,29,36)(H,28,30,31,32,33). The lowest BCUT2D eigenvalue weighted by Gasteiger charge is -2.32. The summed E-state index contributed by atoms with van der Waals surface area (Å²) in [7, 11) is 2.11. The van der Waals surface area contributed by atoms with Crippen LogP contribution in [0.3, 0.4) is 0 Å². The number of anilines is 4. The van der Waals surface area contributed by atoms with Crippen LogP contribution in [0.1, 0.15) is 15.9 Å². The maximum absolute atomic E-state index is 12.8. The fourth-order valence-electron chi connectivity index (χ4n) is 3.99. The summed E-state index contributed by atoms with van der Waals surface area (Å²) < 4.78 is 0. The third-order valence-electron chi connectivity index (χ3n) is 6.09. The number of hydrogen-bond donors (Lipinski definition) is 2. The molecule has 1 aliphatic heterocycles. The van der Waals surface area contributed by atoms with Crippen LogP contribution in [0.15, 0.2) is 72.9 Å². The van der Waals surface area contributed by atoms with Gasteiger partial charge >= 0.3 is 0 Å². The van der Waals surface area contributed by atoms with Gasteiger partial charge in [0.1, 0.15) is 5.82 Å². The summed E-state index contributed by atoms with van der Waals surface area (Å²) >= 11 is 0.